The van der Waals surface area contributed by atoms with Crippen LogP contribution in [0.15, 0.2) is 12.3 Å². The number of rotatable bonds is 13. The summed E-state index contributed by atoms with van der Waals surface area (Å²) >= 11 is 0. The van der Waals surface area contributed by atoms with Crippen LogP contribution in [0.1, 0.15) is 47.0 Å². The highest BCUT2D eigenvalue weighted by Crippen LogP contribution is 2.14. The van der Waals surface area contributed by atoms with E-state index in [-0.39, 0.29) is 17.8 Å². The predicted octanol–water partition coefficient (Wildman–Crippen LogP) is 2.86. The molecule has 6 heteroatoms. The summed E-state index contributed by atoms with van der Waals surface area (Å²) in [7, 11) is -2.90. The highest BCUT2D eigenvalue weighted by atomic mass is 28.4. The van der Waals surface area contributed by atoms with Gasteiger partial charge in [-0.1, -0.05) is 27.4 Å². The summed E-state index contributed by atoms with van der Waals surface area (Å²) in [5, 5.41) is 0. The summed E-state index contributed by atoms with van der Waals surface area (Å²) in [6.45, 7) is 12.7. The highest BCUT2D eigenvalue weighted by Gasteiger charge is 2.43. The normalized spacial score (nSPS) is 11.4. The van der Waals surface area contributed by atoms with Crippen LogP contribution >= 0.6 is 0 Å². The van der Waals surface area contributed by atoms with Crippen LogP contribution in [0.4, 0.5) is 0 Å². The van der Waals surface area contributed by atoms with E-state index in [1.165, 1.54) is 6.92 Å². The number of carbonyl (C=O) groups excluding carboxylic acids is 1. The number of ketones is 1. The van der Waals surface area contributed by atoms with Crippen molar-refractivity contribution in [3.05, 3.63) is 12.3 Å². The van der Waals surface area contributed by atoms with Gasteiger partial charge in [-0.2, -0.15) is 0 Å². The van der Waals surface area contributed by atoms with Crippen molar-refractivity contribution in [1.29, 1.82) is 0 Å². The quantitative estimate of drug-likeness (QED) is 0.297. The molecule has 118 valence electrons. The fourth-order valence-electron chi connectivity index (χ4n) is 1.30. The summed E-state index contributed by atoms with van der Waals surface area (Å²) < 4.78 is 22.9. The van der Waals surface area contributed by atoms with Gasteiger partial charge >= 0.3 is 8.80 Å². The smallest absolute Gasteiger partial charge is 0.486 e. The fraction of sp³-hybridized carbons (Fsp3) is 0.786. The largest absolute Gasteiger partial charge is 0.540 e. The molecule has 0 aromatic carbocycles. The lowest BCUT2D eigenvalue weighted by Gasteiger charge is -2.29. The molecular formula is C14H28O5Si. The zero-order valence-electron chi connectivity index (χ0n) is 13.2. The van der Waals surface area contributed by atoms with Crippen LogP contribution < -0.4 is 0 Å². The third-order valence-electron chi connectivity index (χ3n) is 2.39. The standard InChI is InChI=1S/C14H28O5Si/c1-6-9-17-20(18-10-7-2,19-11-8-3)12-16-14(5)13(4)15/h5-12H2,1-4H3. The SMILES string of the molecule is C=C(OC[Si](OCCC)(OCCC)OCCC)C(C)=O. The summed E-state index contributed by atoms with van der Waals surface area (Å²) in [6, 6.07) is 0. The maximum atomic E-state index is 11.2. The van der Waals surface area contributed by atoms with Crippen molar-refractivity contribution in [3.8, 4) is 0 Å². The maximum Gasteiger partial charge on any atom is 0.540 e. The van der Waals surface area contributed by atoms with Gasteiger partial charge in [0.1, 0.15) is 0 Å². The molecule has 0 N–H and O–H groups in total. The molecule has 20 heavy (non-hydrogen) atoms. The Balaban J connectivity index is 4.73. The van der Waals surface area contributed by atoms with Gasteiger partial charge in [0.05, 0.1) is 0 Å². The van der Waals surface area contributed by atoms with Crippen LogP contribution in [0, 0.1) is 0 Å². The molecule has 0 aromatic rings. The summed E-state index contributed by atoms with van der Waals surface area (Å²) in [4.78, 5) is 11.2. The van der Waals surface area contributed by atoms with E-state index in [1.54, 1.807) is 0 Å². The number of Topliss-reactive ketones (excluding diaryl/α,β-unsaturated/α-hetero) is 1. The molecule has 0 amide bonds. The predicted molar refractivity (Wildman–Crippen MR) is 80.3 cm³/mol. The Kier molecular flexibility index (Phi) is 10.6. The van der Waals surface area contributed by atoms with Crippen molar-refractivity contribution in [2.45, 2.75) is 47.0 Å². The minimum Gasteiger partial charge on any atom is -0.486 e. The molecule has 0 unspecified atom stereocenters. The first-order chi connectivity index (χ1) is 9.51. The Morgan fingerprint density at radius 1 is 0.950 bits per heavy atom. The Labute approximate surface area is 123 Å². The molecule has 0 aliphatic heterocycles. The second-order valence-corrected chi connectivity index (χ2v) is 7.02. The summed E-state index contributed by atoms with van der Waals surface area (Å²) in [6.07, 6.45) is 2.74. The zero-order chi connectivity index (χ0) is 15.4. The molecule has 0 radical (unpaired) electrons. The number of hydrogen-bond donors (Lipinski definition) is 0. The van der Waals surface area contributed by atoms with Gasteiger partial charge in [-0.15, -0.1) is 0 Å². The van der Waals surface area contributed by atoms with Crippen LogP contribution in [0.25, 0.3) is 0 Å². The first kappa shape index (κ1) is 19.3. The van der Waals surface area contributed by atoms with Gasteiger partial charge in [0.15, 0.2) is 17.8 Å². The van der Waals surface area contributed by atoms with Crippen molar-refractivity contribution in [3.63, 3.8) is 0 Å². The molecule has 5 nitrogen and oxygen atoms in total. The summed E-state index contributed by atoms with van der Waals surface area (Å²) in [5.74, 6) is -0.0865. The summed E-state index contributed by atoms with van der Waals surface area (Å²) in [5.41, 5.74) is 0. The Hall–Kier alpha value is -0.693. The molecule has 0 aromatic heterocycles. The van der Waals surface area contributed by atoms with Gasteiger partial charge in [0, 0.05) is 26.7 Å². The van der Waals surface area contributed by atoms with E-state index >= 15 is 0 Å². The van der Waals surface area contributed by atoms with Crippen molar-refractivity contribution < 1.29 is 22.8 Å². The number of carbonyl (C=O) groups is 1. The molecule has 0 heterocycles. The van der Waals surface area contributed by atoms with E-state index in [9.17, 15) is 4.79 Å². The second kappa shape index (κ2) is 11.0. The van der Waals surface area contributed by atoms with Gasteiger partial charge in [-0.3, -0.25) is 4.79 Å². The maximum absolute atomic E-state index is 11.2. The van der Waals surface area contributed by atoms with Gasteiger partial charge in [0.2, 0.25) is 0 Å². The first-order valence-electron chi connectivity index (χ1n) is 7.25. The van der Waals surface area contributed by atoms with Gasteiger partial charge in [0.25, 0.3) is 0 Å². The van der Waals surface area contributed by atoms with E-state index in [0.29, 0.717) is 19.8 Å². The Bertz CT molecular complexity index is 272. The van der Waals surface area contributed by atoms with E-state index in [2.05, 4.69) is 6.58 Å². The van der Waals surface area contributed by atoms with Gasteiger partial charge in [-0.25, -0.2) is 0 Å². The van der Waals surface area contributed by atoms with E-state index in [0.717, 1.165) is 19.3 Å². The van der Waals surface area contributed by atoms with E-state index in [1.807, 2.05) is 20.8 Å². The average molecular weight is 304 g/mol. The van der Waals surface area contributed by atoms with Crippen LogP contribution in [0.3, 0.4) is 0 Å². The topological polar surface area (TPSA) is 54.0 Å². The first-order valence-corrected chi connectivity index (χ1v) is 9.19. The molecule has 0 spiro atoms. The molecule has 0 aliphatic carbocycles. The zero-order valence-corrected chi connectivity index (χ0v) is 14.2. The number of hydrogen-bond acceptors (Lipinski definition) is 5. The molecule has 0 atom stereocenters. The minimum atomic E-state index is -2.90. The van der Waals surface area contributed by atoms with E-state index < -0.39 is 8.80 Å². The van der Waals surface area contributed by atoms with Crippen LogP contribution in [0.2, 0.25) is 0 Å². The third-order valence-corrected chi connectivity index (χ3v) is 4.82. The minimum absolute atomic E-state index is 0.113. The monoisotopic (exact) mass is 304 g/mol. The van der Waals surface area contributed by atoms with Gasteiger partial charge < -0.3 is 18.0 Å². The van der Waals surface area contributed by atoms with E-state index in [4.69, 9.17) is 18.0 Å². The highest BCUT2D eigenvalue weighted by molar-refractivity contribution is 6.60. The Morgan fingerprint density at radius 3 is 1.65 bits per heavy atom. The van der Waals surface area contributed by atoms with Crippen LogP contribution in [0.5, 0.6) is 0 Å². The molecule has 0 aliphatic rings. The van der Waals surface area contributed by atoms with Crippen LogP contribution in [-0.2, 0) is 22.8 Å². The van der Waals surface area contributed by atoms with Crippen molar-refractivity contribution >= 4 is 14.6 Å². The lowest BCUT2D eigenvalue weighted by Crippen LogP contribution is -2.51. The molecule has 0 rings (SSSR count). The molecule has 0 fully saturated rings. The van der Waals surface area contributed by atoms with Gasteiger partial charge in [-0.05, 0) is 19.3 Å². The van der Waals surface area contributed by atoms with Crippen molar-refractivity contribution in [2.75, 3.05) is 26.1 Å². The third kappa shape index (κ3) is 7.79. The van der Waals surface area contributed by atoms with Crippen molar-refractivity contribution in [2.24, 2.45) is 0 Å². The Morgan fingerprint density at radius 2 is 1.35 bits per heavy atom. The molecule has 0 bridgehead atoms. The molecule has 0 saturated heterocycles. The lowest BCUT2D eigenvalue weighted by molar-refractivity contribution is -0.116. The molecular weight excluding hydrogens is 276 g/mol. The lowest BCUT2D eigenvalue weighted by atomic mass is 10.4. The fourth-order valence-corrected chi connectivity index (χ4v) is 3.70. The average Bonchev–Trinajstić information content (AvgIpc) is 2.45. The number of allylic oxidation sites excluding steroid dienone is 1. The second-order valence-electron chi connectivity index (χ2n) is 4.50. The van der Waals surface area contributed by atoms with Crippen molar-refractivity contribution in [1.82, 2.24) is 0 Å². The number of ether oxygens (including phenoxy) is 1. The molecule has 0 saturated carbocycles. The van der Waals surface area contributed by atoms with Crippen LogP contribution in [-0.4, -0.2) is 40.6 Å².